The fourth-order valence-electron chi connectivity index (χ4n) is 4.20. The third kappa shape index (κ3) is 4.54. The zero-order valence-electron chi connectivity index (χ0n) is 18.9. The molecule has 172 valence electrons. The van der Waals surface area contributed by atoms with Gasteiger partial charge in [-0.2, -0.15) is 0 Å². The third-order valence-corrected chi connectivity index (χ3v) is 6.88. The summed E-state index contributed by atoms with van der Waals surface area (Å²) in [5.74, 6) is -0.0274. The topological polar surface area (TPSA) is 80.1 Å². The van der Waals surface area contributed by atoms with Gasteiger partial charge < -0.3 is 10.2 Å². The summed E-state index contributed by atoms with van der Waals surface area (Å²) in [6.07, 6.45) is 5.72. The van der Waals surface area contributed by atoms with Gasteiger partial charge in [-0.15, -0.1) is 0 Å². The van der Waals surface area contributed by atoms with Crippen LogP contribution >= 0.6 is 11.8 Å². The van der Waals surface area contributed by atoms with Gasteiger partial charge in [0.05, 0.1) is 28.5 Å². The van der Waals surface area contributed by atoms with Crippen molar-refractivity contribution < 1.29 is 4.79 Å². The van der Waals surface area contributed by atoms with Gasteiger partial charge >= 0.3 is 0 Å². The van der Waals surface area contributed by atoms with Crippen LogP contribution in [-0.2, 0) is 4.79 Å². The maximum Gasteiger partial charge on any atom is 0.266 e. The van der Waals surface area contributed by atoms with Crippen LogP contribution in [0, 0.1) is 6.92 Å². The number of benzene rings is 2. The largest absolute Gasteiger partial charge is 0.372 e. The minimum absolute atomic E-state index is 0.123. The minimum Gasteiger partial charge on any atom is -0.372 e. The average Bonchev–Trinajstić information content (AvgIpc) is 3.40. The van der Waals surface area contributed by atoms with E-state index in [4.69, 9.17) is 0 Å². The predicted molar refractivity (Wildman–Crippen MR) is 137 cm³/mol. The summed E-state index contributed by atoms with van der Waals surface area (Å²) in [4.78, 5) is 37.2. The number of thioether (sulfide) groups is 1. The summed E-state index contributed by atoms with van der Waals surface area (Å²) in [6, 6.07) is 17.0. The summed E-state index contributed by atoms with van der Waals surface area (Å²) < 4.78 is 1.52. The number of pyridine rings is 1. The molecule has 0 aliphatic carbocycles. The van der Waals surface area contributed by atoms with Crippen molar-refractivity contribution >= 4 is 39.9 Å². The number of nitrogens with zero attached hydrogens (tertiary/aromatic N) is 4. The Morgan fingerprint density at radius 1 is 1.06 bits per heavy atom. The van der Waals surface area contributed by atoms with Crippen LogP contribution in [0.25, 0.3) is 16.6 Å². The molecule has 8 heteroatoms. The number of fused-ring (bicyclic) bond motifs is 1. The molecule has 2 aromatic carbocycles. The van der Waals surface area contributed by atoms with Gasteiger partial charge in [0.2, 0.25) is 5.91 Å². The lowest BCUT2D eigenvalue weighted by molar-refractivity contribution is -0.113. The van der Waals surface area contributed by atoms with Crippen LogP contribution in [0.1, 0.15) is 18.4 Å². The van der Waals surface area contributed by atoms with Crippen LogP contribution in [0.2, 0.25) is 0 Å². The van der Waals surface area contributed by atoms with Crippen LogP contribution in [0.5, 0.6) is 0 Å². The predicted octanol–water partition coefficient (Wildman–Crippen LogP) is 4.42. The zero-order chi connectivity index (χ0) is 23.5. The average molecular weight is 472 g/mol. The van der Waals surface area contributed by atoms with E-state index >= 15 is 0 Å². The first kappa shape index (κ1) is 22.2. The summed E-state index contributed by atoms with van der Waals surface area (Å²) in [7, 11) is 0. The van der Waals surface area contributed by atoms with Crippen LogP contribution in [0.15, 0.2) is 76.9 Å². The fraction of sp³-hybridized carbons (Fsp3) is 0.231. The zero-order valence-corrected chi connectivity index (χ0v) is 19.7. The van der Waals surface area contributed by atoms with E-state index < -0.39 is 0 Å². The van der Waals surface area contributed by atoms with E-state index in [0.29, 0.717) is 21.7 Å². The molecule has 0 atom stereocenters. The van der Waals surface area contributed by atoms with Gasteiger partial charge in [0.25, 0.3) is 5.56 Å². The molecular weight excluding hydrogens is 446 g/mol. The minimum atomic E-state index is -0.185. The molecule has 4 aromatic rings. The Bertz CT molecular complexity index is 1400. The van der Waals surface area contributed by atoms with Gasteiger partial charge in [-0.3, -0.25) is 19.1 Å². The molecule has 7 nitrogen and oxygen atoms in total. The molecule has 3 heterocycles. The van der Waals surface area contributed by atoms with Crippen molar-refractivity contribution in [2.75, 3.05) is 29.1 Å². The second-order valence-electron chi connectivity index (χ2n) is 8.29. The summed E-state index contributed by atoms with van der Waals surface area (Å²) in [5.41, 5.74) is 4.05. The number of para-hydroxylation sites is 1. The fourth-order valence-corrected chi connectivity index (χ4v) is 5.01. The van der Waals surface area contributed by atoms with E-state index in [-0.39, 0.29) is 17.2 Å². The van der Waals surface area contributed by atoms with E-state index in [2.05, 4.69) is 32.3 Å². The first-order valence-electron chi connectivity index (χ1n) is 11.3. The molecule has 0 radical (unpaired) electrons. The highest BCUT2D eigenvalue weighted by molar-refractivity contribution is 7.99. The molecule has 34 heavy (non-hydrogen) atoms. The number of nitrogens with one attached hydrogen (secondary N) is 1. The van der Waals surface area contributed by atoms with Crippen molar-refractivity contribution in [2.24, 2.45) is 0 Å². The molecule has 1 fully saturated rings. The standard InChI is InChI=1S/C26H25N5O2S/c1-18-15-19(30-13-4-5-14-30)10-11-22(18)28-24(32)17-34-26-29-23-9-3-2-8-21(23)25(33)31(26)20-7-6-12-27-16-20/h2-3,6-12,15-16H,4-5,13-14,17H2,1H3,(H,28,32). The number of anilines is 2. The van der Waals surface area contributed by atoms with Crippen molar-refractivity contribution in [3.63, 3.8) is 0 Å². The Labute approximate surface area is 201 Å². The van der Waals surface area contributed by atoms with E-state index in [1.807, 2.05) is 25.1 Å². The smallest absolute Gasteiger partial charge is 0.266 e. The molecule has 1 aliphatic heterocycles. The normalized spacial score (nSPS) is 13.4. The number of amides is 1. The van der Waals surface area contributed by atoms with Gasteiger partial charge in [0.15, 0.2) is 5.16 Å². The van der Waals surface area contributed by atoms with Gasteiger partial charge in [0, 0.05) is 30.7 Å². The van der Waals surface area contributed by atoms with E-state index in [9.17, 15) is 9.59 Å². The molecule has 1 aliphatic rings. The van der Waals surface area contributed by atoms with Crippen LogP contribution in [-0.4, -0.2) is 39.3 Å². The first-order valence-corrected chi connectivity index (χ1v) is 12.3. The molecule has 1 amide bonds. The number of aryl methyl sites for hydroxylation is 1. The van der Waals surface area contributed by atoms with Gasteiger partial charge in [-0.1, -0.05) is 23.9 Å². The molecule has 1 N–H and O–H groups in total. The van der Waals surface area contributed by atoms with Crippen LogP contribution in [0.4, 0.5) is 11.4 Å². The van der Waals surface area contributed by atoms with Crippen LogP contribution < -0.4 is 15.8 Å². The molecular formula is C26H25N5O2S. The van der Waals surface area contributed by atoms with Crippen molar-refractivity contribution in [3.8, 4) is 5.69 Å². The second kappa shape index (κ2) is 9.69. The highest BCUT2D eigenvalue weighted by Gasteiger charge is 2.16. The highest BCUT2D eigenvalue weighted by Crippen LogP contribution is 2.26. The molecule has 0 saturated carbocycles. The first-order chi connectivity index (χ1) is 16.6. The summed E-state index contributed by atoms with van der Waals surface area (Å²) in [5, 5.41) is 3.98. The van der Waals surface area contributed by atoms with Gasteiger partial charge in [-0.05, 0) is 67.8 Å². The molecule has 1 saturated heterocycles. The summed E-state index contributed by atoms with van der Waals surface area (Å²) >= 11 is 1.23. The quantitative estimate of drug-likeness (QED) is 0.331. The van der Waals surface area contributed by atoms with Crippen molar-refractivity contribution in [1.82, 2.24) is 14.5 Å². The summed E-state index contributed by atoms with van der Waals surface area (Å²) in [6.45, 7) is 4.17. The maximum absolute atomic E-state index is 13.2. The number of hydrogen-bond acceptors (Lipinski definition) is 6. The highest BCUT2D eigenvalue weighted by atomic mass is 32.2. The molecule has 0 spiro atoms. The second-order valence-corrected chi connectivity index (χ2v) is 9.24. The lowest BCUT2D eigenvalue weighted by Gasteiger charge is -2.19. The van der Waals surface area contributed by atoms with Gasteiger partial charge in [0.1, 0.15) is 0 Å². The Balaban J connectivity index is 1.36. The third-order valence-electron chi connectivity index (χ3n) is 5.94. The molecule has 0 unspecified atom stereocenters. The maximum atomic E-state index is 13.2. The van der Waals surface area contributed by atoms with Crippen molar-refractivity contribution in [1.29, 1.82) is 0 Å². The lowest BCUT2D eigenvalue weighted by atomic mass is 10.1. The Morgan fingerprint density at radius 3 is 2.65 bits per heavy atom. The number of carbonyl (C=O) groups is 1. The van der Waals surface area contributed by atoms with Crippen molar-refractivity contribution in [2.45, 2.75) is 24.9 Å². The van der Waals surface area contributed by atoms with Crippen molar-refractivity contribution in [3.05, 3.63) is 82.9 Å². The van der Waals surface area contributed by atoms with Gasteiger partial charge in [-0.25, -0.2) is 4.98 Å². The number of carbonyl (C=O) groups excluding carboxylic acids is 1. The Hall–Kier alpha value is -3.65. The number of rotatable bonds is 6. The van der Waals surface area contributed by atoms with Crippen LogP contribution in [0.3, 0.4) is 0 Å². The molecule has 0 bridgehead atoms. The lowest BCUT2D eigenvalue weighted by Crippen LogP contribution is -2.23. The molecule has 2 aromatic heterocycles. The molecule has 5 rings (SSSR count). The SMILES string of the molecule is Cc1cc(N2CCCC2)ccc1NC(=O)CSc1nc2ccccc2c(=O)n1-c1cccnc1. The van der Waals surface area contributed by atoms with E-state index in [1.54, 1.807) is 36.7 Å². The van der Waals surface area contributed by atoms with E-state index in [0.717, 1.165) is 24.3 Å². The Morgan fingerprint density at radius 2 is 1.88 bits per heavy atom. The van der Waals surface area contributed by atoms with E-state index in [1.165, 1.54) is 34.9 Å². The number of aromatic nitrogens is 3. The number of hydrogen-bond donors (Lipinski definition) is 1. The Kier molecular flexibility index (Phi) is 6.31. The monoisotopic (exact) mass is 471 g/mol.